The van der Waals surface area contributed by atoms with E-state index in [2.05, 4.69) is 49.8 Å². The fraction of sp³-hybridized carbons (Fsp3) is 0.682. The molecule has 2 rings (SSSR count). The Bertz CT molecular complexity index is 695. The number of halogens is 1. The van der Waals surface area contributed by atoms with Crippen LogP contribution in [0.2, 0.25) is 18.1 Å². The Morgan fingerprint density at radius 3 is 2.41 bits per heavy atom. The predicted octanol–water partition coefficient (Wildman–Crippen LogP) is 6.32. The molecule has 1 saturated carbocycles. The number of hydrogen-bond acceptors (Lipinski definition) is 4. The van der Waals surface area contributed by atoms with Crippen LogP contribution in [0.4, 0.5) is 0 Å². The number of carbonyl (C=O) groups is 1. The van der Waals surface area contributed by atoms with Crippen molar-refractivity contribution < 1.29 is 23.8 Å². The van der Waals surface area contributed by atoms with Crippen LogP contribution in [-0.4, -0.2) is 38.7 Å². The first-order valence-electron chi connectivity index (χ1n) is 10.3. The highest BCUT2D eigenvalue weighted by Gasteiger charge is 2.42. The van der Waals surface area contributed by atoms with Crippen LogP contribution in [0.3, 0.4) is 0 Å². The molecule has 0 bridgehead atoms. The van der Waals surface area contributed by atoms with Gasteiger partial charge in [-0.25, -0.2) is 0 Å². The SMILES string of the molecule is COc1cc([C@@H](O[Si](C)(C)C(C)(C)C)[C@H](CC(=O)O)OC2CCCC2)ccc1Br. The Kier molecular flexibility index (Phi) is 8.36. The second-order valence-corrected chi connectivity index (χ2v) is 15.0. The molecular formula is C22H35BrO5Si. The summed E-state index contributed by atoms with van der Waals surface area (Å²) in [5, 5.41) is 9.59. The van der Waals surface area contributed by atoms with Crippen LogP contribution in [-0.2, 0) is 14.0 Å². The van der Waals surface area contributed by atoms with Gasteiger partial charge in [-0.2, -0.15) is 0 Å². The van der Waals surface area contributed by atoms with Crippen molar-refractivity contribution in [3.63, 3.8) is 0 Å². The number of carboxylic acid groups (broad SMARTS) is 1. The fourth-order valence-corrected chi connectivity index (χ4v) is 5.06. The number of aliphatic carboxylic acids is 1. The third-order valence-corrected chi connectivity index (χ3v) is 11.2. The van der Waals surface area contributed by atoms with Gasteiger partial charge in [0.15, 0.2) is 8.32 Å². The van der Waals surface area contributed by atoms with E-state index < -0.39 is 26.5 Å². The number of methoxy groups -OCH3 is 1. The molecule has 1 fully saturated rings. The summed E-state index contributed by atoms with van der Waals surface area (Å²) in [7, 11) is -0.565. The fourth-order valence-electron chi connectivity index (χ4n) is 3.38. The van der Waals surface area contributed by atoms with Gasteiger partial charge in [-0.3, -0.25) is 4.79 Å². The largest absolute Gasteiger partial charge is 0.496 e. The van der Waals surface area contributed by atoms with E-state index in [0.29, 0.717) is 5.75 Å². The van der Waals surface area contributed by atoms with Crippen molar-refractivity contribution in [1.29, 1.82) is 0 Å². The normalized spacial score (nSPS) is 17.9. The minimum Gasteiger partial charge on any atom is -0.496 e. The van der Waals surface area contributed by atoms with Gasteiger partial charge < -0.3 is 19.0 Å². The third kappa shape index (κ3) is 6.54. The van der Waals surface area contributed by atoms with Gasteiger partial charge in [0.25, 0.3) is 0 Å². The Balaban J connectivity index is 2.45. The molecule has 1 aliphatic carbocycles. The second-order valence-electron chi connectivity index (χ2n) is 9.37. The van der Waals surface area contributed by atoms with Gasteiger partial charge in [0, 0.05) is 0 Å². The summed E-state index contributed by atoms with van der Waals surface area (Å²) in [5.41, 5.74) is 0.888. The lowest BCUT2D eigenvalue weighted by Crippen LogP contribution is -2.45. The van der Waals surface area contributed by atoms with Gasteiger partial charge in [-0.15, -0.1) is 0 Å². The molecule has 0 aliphatic heterocycles. The zero-order valence-electron chi connectivity index (χ0n) is 18.5. The highest BCUT2D eigenvalue weighted by atomic mass is 79.9. The Hall–Kier alpha value is -0.893. The number of ether oxygens (including phenoxy) is 2. The van der Waals surface area contributed by atoms with E-state index >= 15 is 0 Å². The van der Waals surface area contributed by atoms with Crippen LogP contribution in [0.5, 0.6) is 5.75 Å². The van der Waals surface area contributed by atoms with Gasteiger partial charge >= 0.3 is 5.97 Å². The molecule has 7 heteroatoms. The maximum absolute atomic E-state index is 11.7. The lowest BCUT2D eigenvalue weighted by molar-refractivity contribution is -0.145. The van der Waals surface area contributed by atoms with Gasteiger partial charge in [0.05, 0.1) is 36.3 Å². The molecule has 164 valence electrons. The van der Waals surface area contributed by atoms with E-state index in [1.165, 1.54) is 0 Å². The molecule has 1 aromatic carbocycles. The highest BCUT2D eigenvalue weighted by Crippen LogP contribution is 2.43. The van der Waals surface area contributed by atoms with Crippen LogP contribution < -0.4 is 4.74 Å². The summed E-state index contributed by atoms with van der Waals surface area (Å²) in [6.45, 7) is 10.9. The Morgan fingerprint density at radius 1 is 1.28 bits per heavy atom. The molecule has 0 saturated heterocycles. The lowest BCUT2D eigenvalue weighted by Gasteiger charge is -2.42. The molecule has 0 spiro atoms. The number of hydrogen-bond donors (Lipinski definition) is 1. The summed E-state index contributed by atoms with van der Waals surface area (Å²) < 4.78 is 19.5. The van der Waals surface area contributed by atoms with E-state index in [0.717, 1.165) is 35.7 Å². The van der Waals surface area contributed by atoms with E-state index in [1.807, 2.05) is 18.2 Å². The van der Waals surface area contributed by atoms with Gasteiger partial charge in [-0.05, 0) is 64.6 Å². The van der Waals surface area contributed by atoms with Crippen LogP contribution in [0.1, 0.15) is 64.5 Å². The zero-order valence-corrected chi connectivity index (χ0v) is 21.0. The standard InChI is InChI=1S/C22H35BrO5Si/c1-22(2,3)29(5,6)28-21(15-11-12-17(23)18(13-15)26-4)19(14-20(24)25)27-16-9-7-8-10-16/h11-13,16,19,21H,7-10,14H2,1-6H3,(H,24,25)/t19-,21+/m0/s1. The molecule has 5 nitrogen and oxygen atoms in total. The average molecular weight is 488 g/mol. The summed E-state index contributed by atoms with van der Waals surface area (Å²) >= 11 is 3.50. The monoisotopic (exact) mass is 486 g/mol. The van der Waals surface area contributed by atoms with Crippen LogP contribution in [0.15, 0.2) is 22.7 Å². The Labute approximate surface area is 184 Å². The summed E-state index contributed by atoms with van der Waals surface area (Å²) in [6, 6.07) is 5.82. The molecule has 1 aromatic rings. The first-order valence-corrected chi connectivity index (χ1v) is 14.0. The summed E-state index contributed by atoms with van der Waals surface area (Å²) in [5.74, 6) is -0.179. The molecule has 0 heterocycles. The van der Waals surface area contributed by atoms with Crippen molar-refractivity contribution in [1.82, 2.24) is 0 Å². The zero-order chi connectivity index (χ0) is 21.8. The molecule has 1 N–H and O–H groups in total. The average Bonchev–Trinajstić information content (AvgIpc) is 3.11. The molecule has 0 radical (unpaired) electrons. The molecule has 29 heavy (non-hydrogen) atoms. The quantitative estimate of drug-likeness (QED) is 0.413. The van der Waals surface area contributed by atoms with Gasteiger partial charge in [0.1, 0.15) is 5.75 Å². The Morgan fingerprint density at radius 2 is 1.90 bits per heavy atom. The van der Waals surface area contributed by atoms with Crippen molar-refractivity contribution in [2.75, 3.05) is 7.11 Å². The van der Waals surface area contributed by atoms with Crippen LogP contribution >= 0.6 is 15.9 Å². The molecule has 0 amide bonds. The van der Waals surface area contributed by atoms with Crippen molar-refractivity contribution in [3.05, 3.63) is 28.2 Å². The van der Waals surface area contributed by atoms with Crippen LogP contribution in [0.25, 0.3) is 0 Å². The van der Waals surface area contributed by atoms with E-state index in [-0.39, 0.29) is 17.6 Å². The lowest BCUT2D eigenvalue weighted by atomic mass is 10.0. The first-order chi connectivity index (χ1) is 13.4. The summed E-state index contributed by atoms with van der Waals surface area (Å²) in [4.78, 5) is 11.7. The second kappa shape index (κ2) is 9.94. The maximum atomic E-state index is 11.7. The molecular weight excluding hydrogens is 452 g/mol. The van der Waals surface area contributed by atoms with Crippen molar-refractivity contribution in [3.8, 4) is 5.75 Å². The van der Waals surface area contributed by atoms with Crippen LogP contribution in [0, 0.1) is 0 Å². The number of benzene rings is 1. The maximum Gasteiger partial charge on any atom is 0.306 e. The van der Waals surface area contributed by atoms with Crippen molar-refractivity contribution in [2.24, 2.45) is 0 Å². The minimum atomic E-state index is -2.19. The van der Waals surface area contributed by atoms with Gasteiger partial charge in [-0.1, -0.05) is 39.7 Å². The molecule has 1 aliphatic rings. The van der Waals surface area contributed by atoms with Gasteiger partial charge in [0.2, 0.25) is 0 Å². The number of rotatable bonds is 9. The van der Waals surface area contributed by atoms with E-state index in [9.17, 15) is 9.90 Å². The molecule has 0 unspecified atom stereocenters. The van der Waals surface area contributed by atoms with E-state index in [4.69, 9.17) is 13.9 Å². The summed E-state index contributed by atoms with van der Waals surface area (Å²) in [6.07, 6.45) is 3.22. The first kappa shape index (κ1) is 24.4. The predicted molar refractivity (Wildman–Crippen MR) is 121 cm³/mol. The van der Waals surface area contributed by atoms with E-state index in [1.54, 1.807) is 7.11 Å². The minimum absolute atomic E-state index is 0.00810. The smallest absolute Gasteiger partial charge is 0.306 e. The van der Waals surface area contributed by atoms with Crippen molar-refractivity contribution >= 4 is 30.2 Å². The topological polar surface area (TPSA) is 65.0 Å². The molecule has 2 atom stereocenters. The van der Waals surface area contributed by atoms with Crippen molar-refractivity contribution in [2.45, 2.75) is 89.3 Å². The molecule has 0 aromatic heterocycles. The number of carboxylic acids is 1. The highest BCUT2D eigenvalue weighted by molar-refractivity contribution is 9.10. The third-order valence-electron chi connectivity index (χ3n) is 6.11.